The van der Waals surface area contributed by atoms with Crippen molar-refractivity contribution in [3.8, 4) is 11.1 Å². The maximum absolute atomic E-state index is 13.3. The molecular formula is C23H10Cl2O. The standard InChI is InChI=1S/C23H10Cl2O/c24-18-8-6-11-5-7-14-19(25)10-15-12-3-1-2-4-13(12)23(26)17-9-16(18)20(11)22(14)21(15)17/h1-10H. The van der Waals surface area contributed by atoms with Gasteiger partial charge in [0.1, 0.15) is 0 Å². The highest BCUT2D eigenvalue weighted by Gasteiger charge is 2.28. The molecule has 1 nitrogen and oxygen atoms in total. The molecule has 0 saturated heterocycles. The van der Waals surface area contributed by atoms with Gasteiger partial charge >= 0.3 is 0 Å². The summed E-state index contributed by atoms with van der Waals surface area (Å²) in [6, 6.07) is 19.7. The first-order valence-electron chi connectivity index (χ1n) is 8.39. The molecule has 5 aromatic carbocycles. The number of halogens is 2. The smallest absolute Gasteiger partial charge is 0.194 e. The van der Waals surface area contributed by atoms with Crippen molar-refractivity contribution in [2.45, 2.75) is 0 Å². The lowest BCUT2D eigenvalue weighted by Gasteiger charge is -2.23. The van der Waals surface area contributed by atoms with Gasteiger partial charge in [0.05, 0.1) is 0 Å². The predicted octanol–water partition coefficient (Wildman–Crippen LogP) is 7.10. The van der Waals surface area contributed by atoms with E-state index in [1.807, 2.05) is 54.6 Å². The highest BCUT2D eigenvalue weighted by Crippen LogP contribution is 2.48. The number of hydrogen-bond acceptors (Lipinski definition) is 1. The quantitative estimate of drug-likeness (QED) is 0.260. The molecule has 0 heterocycles. The third kappa shape index (κ3) is 1.61. The average Bonchev–Trinajstić information content (AvgIpc) is 2.67. The van der Waals surface area contributed by atoms with E-state index in [4.69, 9.17) is 23.2 Å². The summed E-state index contributed by atoms with van der Waals surface area (Å²) in [6.07, 6.45) is 0. The van der Waals surface area contributed by atoms with Crippen LogP contribution in [0.3, 0.4) is 0 Å². The molecule has 0 aliphatic heterocycles. The van der Waals surface area contributed by atoms with Crippen LogP contribution in [0, 0.1) is 0 Å². The van der Waals surface area contributed by atoms with E-state index in [0.29, 0.717) is 21.2 Å². The molecule has 6 rings (SSSR count). The Morgan fingerprint density at radius 3 is 2.19 bits per heavy atom. The second-order valence-corrected chi connectivity index (χ2v) is 7.58. The van der Waals surface area contributed by atoms with E-state index in [2.05, 4.69) is 6.07 Å². The maximum Gasteiger partial charge on any atom is 0.194 e. The van der Waals surface area contributed by atoms with Crippen LogP contribution in [-0.4, -0.2) is 5.78 Å². The topological polar surface area (TPSA) is 17.1 Å². The van der Waals surface area contributed by atoms with Gasteiger partial charge in [-0.3, -0.25) is 4.79 Å². The minimum Gasteiger partial charge on any atom is -0.289 e. The molecule has 0 unspecified atom stereocenters. The molecule has 0 saturated carbocycles. The van der Waals surface area contributed by atoms with Crippen molar-refractivity contribution in [2.24, 2.45) is 0 Å². The summed E-state index contributed by atoms with van der Waals surface area (Å²) in [5.74, 6) is 0.0410. The Morgan fingerprint density at radius 1 is 0.577 bits per heavy atom. The summed E-state index contributed by atoms with van der Waals surface area (Å²) in [5.41, 5.74) is 3.37. The molecule has 5 aromatic rings. The first kappa shape index (κ1) is 14.5. The molecule has 0 N–H and O–H groups in total. The lowest BCUT2D eigenvalue weighted by Crippen LogP contribution is -2.10. The van der Waals surface area contributed by atoms with Gasteiger partial charge in [0.25, 0.3) is 0 Å². The van der Waals surface area contributed by atoms with Crippen LogP contribution in [0.4, 0.5) is 0 Å². The van der Waals surface area contributed by atoms with E-state index in [1.165, 1.54) is 0 Å². The first-order valence-corrected chi connectivity index (χ1v) is 9.14. The Labute approximate surface area is 159 Å². The molecule has 0 fully saturated rings. The predicted molar refractivity (Wildman–Crippen MR) is 109 cm³/mol. The van der Waals surface area contributed by atoms with Crippen LogP contribution in [0.15, 0.2) is 60.7 Å². The molecule has 0 atom stereocenters. The minimum absolute atomic E-state index is 0.0410. The van der Waals surface area contributed by atoms with Gasteiger partial charge in [-0.05, 0) is 40.1 Å². The molecule has 26 heavy (non-hydrogen) atoms. The van der Waals surface area contributed by atoms with Gasteiger partial charge < -0.3 is 0 Å². The Bertz CT molecular complexity index is 1420. The van der Waals surface area contributed by atoms with Crippen LogP contribution in [0.25, 0.3) is 43.4 Å². The van der Waals surface area contributed by atoms with Crippen LogP contribution >= 0.6 is 23.2 Å². The molecule has 0 aromatic heterocycles. The van der Waals surface area contributed by atoms with Crippen LogP contribution in [0.5, 0.6) is 0 Å². The molecule has 1 aliphatic rings. The second kappa shape index (κ2) is 4.76. The Kier molecular flexibility index (Phi) is 2.66. The maximum atomic E-state index is 13.3. The highest BCUT2D eigenvalue weighted by atomic mass is 35.5. The van der Waals surface area contributed by atoms with Gasteiger partial charge in [0.2, 0.25) is 0 Å². The lowest BCUT2D eigenvalue weighted by atomic mass is 9.79. The number of ketones is 1. The number of carbonyl (C=O) groups is 1. The number of carbonyl (C=O) groups excluding carboxylic acids is 1. The highest BCUT2D eigenvalue weighted by molar-refractivity contribution is 6.45. The van der Waals surface area contributed by atoms with Crippen molar-refractivity contribution >= 4 is 61.3 Å². The van der Waals surface area contributed by atoms with Crippen molar-refractivity contribution < 1.29 is 4.79 Å². The number of fused-ring (bicyclic) bond motifs is 2. The van der Waals surface area contributed by atoms with Crippen molar-refractivity contribution in [2.75, 3.05) is 0 Å². The summed E-state index contributed by atoms with van der Waals surface area (Å²) < 4.78 is 0. The van der Waals surface area contributed by atoms with Crippen LogP contribution in [-0.2, 0) is 0 Å². The second-order valence-electron chi connectivity index (χ2n) is 6.76. The third-order valence-electron chi connectivity index (χ3n) is 5.49. The lowest BCUT2D eigenvalue weighted by molar-refractivity contribution is 0.104. The molecule has 3 heteroatoms. The van der Waals surface area contributed by atoms with Gasteiger partial charge in [-0.2, -0.15) is 0 Å². The van der Waals surface area contributed by atoms with E-state index < -0.39 is 0 Å². The Morgan fingerprint density at radius 2 is 1.35 bits per heavy atom. The van der Waals surface area contributed by atoms with E-state index >= 15 is 0 Å². The van der Waals surface area contributed by atoms with Crippen LogP contribution < -0.4 is 0 Å². The first-order chi connectivity index (χ1) is 12.6. The van der Waals surface area contributed by atoms with Gasteiger partial charge in [0, 0.05) is 42.7 Å². The van der Waals surface area contributed by atoms with Crippen molar-refractivity contribution in [1.29, 1.82) is 0 Å². The number of rotatable bonds is 0. The van der Waals surface area contributed by atoms with Crippen LogP contribution in [0.2, 0.25) is 10.0 Å². The number of hydrogen-bond donors (Lipinski definition) is 0. The average molecular weight is 373 g/mol. The molecule has 122 valence electrons. The largest absolute Gasteiger partial charge is 0.289 e. The summed E-state index contributed by atoms with van der Waals surface area (Å²) in [7, 11) is 0. The van der Waals surface area contributed by atoms with E-state index in [9.17, 15) is 4.79 Å². The van der Waals surface area contributed by atoms with Gasteiger partial charge in [-0.25, -0.2) is 0 Å². The Hall–Kier alpha value is -2.61. The molecule has 0 bridgehead atoms. The zero-order chi connectivity index (χ0) is 17.6. The van der Waals surface area contributed by atoms with E-state index in [1.54, 1.807) is 0 Å². The van der Waals surface area contributed by atoms with Crippen molar-refractivity contribution in [3.63, 3.8) is 0 Å². The monoisotopic (exact) mass is 372 g/mol. The molecule has 0 spiro atoms. The van der Waals surface area contributed by atoms with Crippen molar-refractivity contribution in [1.82, 2.24) is 0 Å². The summed E-state index contributed by atoms with van der Waals surface area (Å²) in [5, 5.41) is 7.38. The molecular weight excluding hydrogens is 363 g/mol. The normalized spacial score (nSPS) is 13.1. The SMILES string of the molecule is O=C1c2ccccc2-c2cc(Cl)c3ccc4ccc(Cl)c5cc1c2c3c45. The van der Waals surface area contributed by atoms with E-state index in [-0.39, 0.29) is 5.78 Å². The van der Waals surface area contributed by atoms with Gasteiger partial charge in [-0.15, -0.1) is 0 Å². The van der Waals surface area contributed by atoms with Gasteiger partial charge in [-0.1, -0.05) is 65.7 Å². The van der Waals surface area contributed by atoms with Crippen molar-refractivity contribution in [3.05, 3.63) is 81.8 Å². The fraction of sp³-hybridized carbons (Fsp3) is 0. The fourth-order valence-electron chi connectivity index (χ4n) is 4.38. The zero-order valence-corrected chi connectivity index (χ0v) is 14.9. The zero-order valence-electron chi connectivity index (χ0n) is 13.4. The Balaban J connectivity index is 2.01. The molecule has 0 amide bonds. The summed E-state index contributed by atoms with van der Waals surface area (Å²) >= 11 is 13.2. The van der Waals surface area contributed by atoms with E-state index in [0.717, 1.165) is 43.4 Å². The fourth-order valence-corrected chi connectivity index (χ4v) is 4.86. The summed E-state index contributed by atoms with van der Waals surface area (Å²) in [6.45, 7) is 0. The molecule has 1 aliphatic carbocycles. The molecule has 0 radical (unpaired) electrons. The summed E-state index contributed by atoms with van der Waals surface area (Å²) in [4.78, 5) is 13.3. The number of benzene rings is 5. The van der Waals surface area contributed by atoms with Gasteiger partial charge in [0.15, 0.2) is 5.78 Å². The van der Waals surface area contributed by atoms with Crippen LogP contribution in [0.1, 0.15) is 15.9 Å². The minimum atomic E-state index is 0.0410. The third-order valence-corrected chi connectivity index (χ3v) is 6.13.